The lowest BCUT2D eigenvalue weighted by molar-refractivity contribution is 0.610. The summed E-state index contributed by atoms with van der Waals surface area (Å²) < 4.78 is 42.0. The predicted octanol–water partition coefficient (Wildman–Crippen LogP) is 5.85. The zero-order valence-corrected chi connectivity index (χ0v) is 12.1. The van der Waals surface area contributed by atoms with Gasteiger partial charge in [0, 0.05) is 11.1 Å². The zero-order valence-electron chi connectivity index (χ0n) is 12.1. The summed E-state index contributed by atoms with van der Waals surface area (Å²) in [5.41, 5.74) is 1.49. The van der Waals surface area contributed by atoms with Crippen LogP contribution in [-0.4, -0.2) is 0 Å². The Bertz CT molecular complexity index is 655. The first-order valence-electron chi connectivity index (χ1n) is 6.94. The molecule has 0 nitrogen and oxygen atoms in total. The number of benzene rings is 2. The van der Waals surface area contributed by atoms with Gasteiger partial charge in [0.05, 0.1) is 0 Å². The van der Waals surface area contributed by atoms with Gasteiger partial charge in [0.2, 0.25) is 0 Å². The van der Waals surface area contributed by atoms with Crippen molar-refractivity contribution in [2.45, 2.75) is 26.7 Å². The lowest BCUT2D eigenvalue weighted by Gasteiger charge is -2.05. The number of hydrogen-bond donors (Lipinski definition) is 0. The highest BCUT2D eigenvalue weighted by Gasteiger charge is 2.15. The van der Waals surface area contributed by atoms with Crippen LogP contribution in [0.1, 0.15) is 35.6 Å². The molecule has 3 heteroatoms. The number of aryl methyl sites for hydroxylation is 2. The summed E-state index contributed by atoms with van der Waals surface area (Å²) in [4.78, 5) is 0. The third-order valence-corrected chi connectivity index (χ3v) is 3.30. The molecule has 21 heavy (non-hydrogen) atoms. The fourth-order valence-corrected chi connectivity index (χ4v) is 2.15. The Morgan fingerprint density at radius 1 is 0.952 bits per heavy atom. The summed E-state index contributed by atoms with van der Waals surface area (Å²) in [6.45, 7) is 3.74. The number of halogens is 3. The van der Waals surface area contributed by atoms with Gasteiger partial charge in [0.1, 0.15) is 5.82 Å². The first-order chi connectivity index (χ1) is 10.0. The summed E-state index contributed by atoms with van der Waals surface area (Å²) in [6, 6.07) is 10.6. The smallest absolute Gasteiger partial charge is 0.169 e. The van der Waals surface area contributed by atoms with Crippen molar-refractivity contribution in [2.24, 2.45) is 0 Å². The summed E-state index contributed by atoms with van der Waals surface area (Å²) >= 11 is 0. The van der Waals surface area contributed by atoms with Crippen molar-refractivity contribution in [2.75, 3.05) is 0 Å². The van der Waals surface area contributed by atoms with Crippen molar-refractivity contribution in [3.05, 3.63) is 70.5 Å². The van der Waals surface area contributed by atoms with Crippen LogP contribution in [0.3, 0.4) is 0 Å². The second kappa shape index (κ2) is 6.61. The fourth-order valence-electron chi connectivity index (χ4n) is 2.15. The zero-order chi connectivity index (χ0) is 15.4. The van der Waals surface area contributed by atoms with Gasteiger partial charge in [-0.3, -0.25) is 0 Å². The van der Waals surface area contributed by atoms with Crippen LogP contribution in [0.5, 0.6) is 0 Å². The van der Waals surface area contributed by atoms with Crippen molar-refractivity contribution >= 4 is 11.7 Å². The van der Waals surface area contributed by atoms with E-state index in [0.717, 1.165) is 18.4 Å². The average molecular weight is 290 g/mol. The van der Waals surface area contributed by atoms with Gasteiger partial charge in [0.15, 0.2) is 11.7 Å². The molecular formula is C18H17F3. The third kappa shape index (κ3) is 3.54. The average Bonchev–Trinajstić information content (AvgIpc) is 2.47. The molecule has 0 saturated carbocycles. The van der Waals surface area contributed by atoms with E-state index in [1.807, 2.05) is 6.92 Å². The largest absolute Gasteiger partial charge is 0.206 e. The normalized spacial score (nSPS) is 12.2. The molecule has 0 fully saturated rings. The first-order valence-corrected chi connectivity index (χ1v) is 6.94. The SMILES string of the molecule is CCCc1ccc(/C(F)=C(/F)c2ccc(C)cc2F)cc1. The van der Waals surface area contributed by atoms with E-state index in [2.05, 4.69) is 0 Å². The molecule has 110 valence electrons. The minimum Gasteiger partial charge on any atom is -0.206 e. The van der Waals surface area contributed by atoms with Crippen molar-refractivity contribution in [3.8, 4) is 0 Å². The van der Waals surface area contributed by atoms with E-state index in [0.29, 0.717) is 5.56 Å². The minimum atomic E-state index is -1.17. The Kier molecular flexibility index (Phi) is 4.84. The van der Waals surface area contributed by atoms with Gasteiger partial charge in [-0.1, -0.05) is 43.7 Å². The van der Waals surface area contributed by atoms with Gasteiger partial charge in [-0.05, 0) is 36.6 Å². The Hall–Kier alpha value is -2.03. The fraction of sp³-hybridized carbons (Fsp3) is 0.222. The summed E-state index contributed by atoms with van der Waals surface area (Å²) in [5.74, 6) is -2.97. The van der Waals surface area contributed by atoms with Crippen LogP contribution in [0, 0.1) is 12.7 Å². The second-order valence-electron chi connectivity index (χ2n) is 5.06. The Morgan fingerprint density at radius 3 is 2.19 bits per heavy atom. The van der Waals surface area contributed by atoms with Crippen LogP contribution in [0.15, 0.2) is 42.5 Å². The van der Waals surface area contributed by atoms with Gasteiger partial charge in [-0.25, -0.2) is 13.2 Å². The molecule has 0 aliphatic rings. The molecule has 0 aliphatic carbocycles. The van der Waals surface area contributed by atoms with Gasteiger partial charge in [-0.15, -0.1) is 0 Å². The van der Waals surface area contributed by atoms with Crippen molar-refractivity contribution in [1.82, 2.24) is 0 Å². The monoisotopic (exact) mass is 290 g/mol. The van der Waals surface area contributed by atoms with Crippen LogP contribution in [0.4, 0.5) is 13.2 Å². The van der Waals surface area contributed by atoms with Crippen LogP contribution in [0.25, 0.3) is 11.7 Å². The molecule has 0 saturated heterocycles. The Labute approximate surface area is 122 Å². The topological polar surface area (TPSA) is 0 Å². The molecule has 0 aliphatic heterocycles. The minimum absolute atomic E-state index is 0.118. The molecule has 0 heterocycles. The molecular weight excluding hydrogens is 273 g/mol. The highest BCUT2D eigenvalue weighted by Crippen LogP contribution is 2.30. The molecule has 0 N–H and O–H groups in total. The standard InChI is InChI=1S/C18H17F3/c1-3-4-13-6-8-14(9-7-13)17(20)18(21)15-10-5-12(2)11-16(15)19/h5-11H,3-4H2,1-2H3/b18-17-. The summed E-state index contributed by atoms with van der Waals surface area (Å²) in [6.07, 6.45) is 1.88. The molecule has 2 aromatic rings. The van der Waals surface area contributed by atoms with Crippen LogP contribution in [0.2, 0.25) is 0 Å². The Morgan fingerprint density at radius 2 is 1.62 bits per heavy atom. The molecule has 0 aromatic heterocycles. The molecule has 0 spiro atoms. The summed E-state index contributed by atoms with van der Waals surface area (Å²) in [5, 5.41) is 0. The molecule has 0 unspecified atom stereocenters. The first kappa shape index (κ1) is 15.4. The van der Waals surface area contributed by atoms with E-state index in [4.69, 9.17) is 0 Å². The van der Waals surface area contributed by atoms with E-state index < -0.39 is 17.5 Å². The predicted molar refractivity (Wildman–Crippen MR) is 80.6 cm³/mol. The van der Waals surface area contributed by atoms with Crippen molar-refractivity contribution < 1.29 is 13.2 Å². The molecule has 0 radical (unpaired) electrons. The maximum absolute atomic E-state index is 14.2. The van der Waals surface area contributed by atoms with Gasteiger partial charge in [-0.2, -0.15) is 0 Å². The van der Waals surface area contributed by atoms with Gasteiger partial charge in [0.25, 0.3) is 0 Å². The van der Waals surface area contributed by atoms with Gasteiger partial charge >= 0.3 is 0 Å². The lowest BCUT2D eigenvalue weighted by atomic mass is 10.0. The highest BCUT2D eigenvalue weighted by atomic mass is 19.2. The van der Waals surface area contributed by atoms with Crippen molar-refractivity contribution in [3.63, 3.8) is 0 Å². The highest BCUT2D eigenvalue weighted by molar-refractivity contribution is 5.83. The third-order valence-electron chi connectivity index (χ3n) is 3.30. The Balaban J connectivity index is 2.37. The van der Waals surface area contributed by atoms with E-state index in [1.54, 1.807) is 25.1 Å². The molecule has 2 rings (SSSR count). The maximum Gasteiger partial charge on any atom is 0.169 e. The molecule has 0 atom stereocenters. The number of rotatable bonds is 4. The van der Waals surface area contributed by atoms with E-state index >= 15 is 0 Å². The van der Waals surface area contributed by atoms with E-state index in [1.165, 1.54) is 24.3 Å². The van der Waals surface area contributed by atoms with E-state index in [-0.39, 0.29) is 11.1 Å². The molecule has 2 aromatic carbocycles. The van der Waals surface area contributed by atoms with Crippen LogP contribution in [-0.2, 0) is 6.42 Å². The van der Waals surface area contributed by atoms with Crippen LogP contribution >= 0.6 is 0 Å². The molecule has 0 bridgehead atoms. The second-order valence-corrected chi connectivity index (χ2v) is 5.06. The van der Waals surface area contributed by atoms with E-state index in [9.17, 15) is 13.2 Å². The van der Waals surface area contributed by atoms with Gasteiger partial charge < -0.3 is 0 Å². The molecule has 0 amide bonds. The maximum atomic E-state index is 14.2. The van der Waals surface area contributed by atoms with Crippen molar-refractivity contribution in [1.29, 1.82) is 0 Å². The quantitative estimate of drug-likeness (QED) is 0.619. The lowest BCUT2D eigenvalue weighted by Crippen LogP contribution is -1.91. The summed E-state index contributed by atoms with van der Waals surface area (Å²) in [7, 11) is 0. The number of hydrogen-bond acceptors (Lipinski definition) is 0. The van der Waals surface area contributed by atoms with Crippen LogP contribution < -0.4 is 0 Å².